The number of benzene rings is 2. The molecule has 3 N–H and O–H groups in total. The molecule has 5 rings (SSSR count). The van der Waals surface area contributed by atoms with E-state index < -0.39 is 16.9 Å². The Kier molecular flexibility index (Phi) is 7.94. The zero-order valence-electron chi connectivity index (χ0n) is 22.3. The van der Waals surface area contributed by atoms with Crippen molar-refractivity contribution >= 4 is 11.7 Å². The van der Waals surface area contributed by atoms with Crippen LogP contribution in [0.5, 0.6) is 5.75 Å². The van der Waals surface area contributed by atoms with Crippen LogP contribution in [-0.4, -0.2) is 54.9 Å². The molecule has 39 heavy (non-hydrogen) atoms. The fourth-order valence-corrected chi connectivity index (χ4v) is 4.56. The normalized spacial score (nSPS) is 15.6. The van der Waals surface area contributed by atoms with Crippen molar-refractivity contribution in [3.8, 4) is 11.4 Å². The molecule has 1 heterocycles. The summed E-state index contributed by atoms with van der Waals surface area (Å²) in [4.78, 5) is 30.5. The van der Waals surface area contributed by atoms with E-state index in [1.807, 2.05) is 24.3 Å². The highest BCUT2D eigenvalue weighted by Crippen LogP contribution is 2.50. The average molecular weight is 536 g/mol. The second-order valence-corrected chi connectivity index (χ2v) is 10.1. The SMILES string of the molecule is COCCNCCOc1ccccc1C1(Nc2nccn(-c3cc(C(=O)NC4CC4)cc(F)c3C)c2=O)CC1. The molecule has 2 aliphatic carbocycles. The molecule has 0 atom stereocenters. The average Bonchev–Trinajstić information content (AvgIpc) is 3.87. The number of hydrogen-bond acceptors (Lipinski definition) is 7. The molecule has 1 amide bonds. The fraction of sp³-hybridized carbons (Fsp3) is 0.414. The van der Waals surface area contributed by atoms with Gasteiger partial charge in [-0.3, -0.25) is 14.2 Å². The minimum Gasteiger partial charge on any atom is -0.492 e. The summed E-state index contributed by atoms with van der Waals surface area (Å²) >= 11 is 0. The van der Waals surface area contributed by atoms with Gasteiger partial charge in [0, 0.05) is 55.3 Å². The van der Waals surface area contributed by atoms with E-state index >= 15 is 0 Å². The number of nitrogens with zero attached hydrogens (tertiary/aromatic N) is 2. The van der Waals surface area contributed by atoms with E-state index in [0.717, 1.165) is 43.5 Å². The van der Waals surface area contributed by atoms with Crippen molar-refractivity contribution in [3.05, 3.63) is 81.7 Å². The van der Waals surface area contributed by atoms with Crippen LogP contribution in [0.25, 0.3) is 5.69 Å². The number of amides is 1. The molecule has 0 unspecified atom stereocenters. The Hall–Kier alpha value is -3.76. The van der Waals surface area contributed by atoms with Crippen LogP contribution < -0.4 is 26.2 Å². The summed E-state index contributed by atoms with van der Waals surface area (Å²) in [5.74, 6) is 0.00641. The smallest absolute Gasteiger partial charge is 0.297 e. The molecule has 0 bridgehead atoms. The minimum atomic E-state index is -0.548. The van der Waals surface area contributed by atoms with Crippen LogP contribution in [0.1, 0.15) is 47.2 Å². The molecule has 10 heteroatoms. The maximum Gasteiger partial charge on any atom is 0.297 e. The van der Waals surface area contributed by atoms with Gasteiger partial charge in [0.25, 0.3) is 11.5 Å². The van der Waals surface area contributed by atoms with Gasteiger partial charge in [-0.25, -0.2) is 9.37 Å². The van der Waals surface area contributed by atoms with Crippen molar-refractivity contribution in [2.45, 2.75) is 44.2 Å². The van der Waals surface area contributed by atoms with Gasteiger partial charge in [0.1, 0.15) is 18.2 Å². The van der Waals surface area contributed by atoms with Crippen molar-refractivity contribution in [1.29, 1.82) is 0 Å². The molecule has 0 spiro atoms. The lowest BCUT2D eigenvalue weighted by Gasteiger charge is -2.22. The first-order valence-electron chi connectivity index (χ1n) is 13.3. The van der Waals surface area contributed by atoms with Crippen molar-refractivity contribution in [3.63, 3.8) is 0 Å². The predicted molar refractivity (Wildman–Crippen MR) is 146 cm³/mol. The Balaban J connectivity index is 1.37. The van der Waals surface area contributed by atoms with E-state index in [1.54, 1.807) is 20.1 Å². The van der Waals surface area contributed by atoms with Crippen LogP contribution in [-0.2, 0) is 10.3 Å². The summed E-state index contributed by atoms with van der Waals surface area (Å²) in [6, 6.07) is 10.7. The number of hydrogen-bond donors (Lipinski definition) is 3. The Labute approximate surface area is 226 Å². The maximum atomic E-state index is 14.9. The number of nitrogens with one attached hydrogen (secondary N) is 3. The highest BCUT2D eigenvalue weighted by atomic mass is 19.1. The number of rotatable bonds is 13. The molecule has 0 radical (unpaired) electrons. The first-order chi connectivity index (χ1) is 18.9. The minimum absolute atomic E-state index is 0.137. The summed E-state index contributed by atoms with van der Waals surface area (Å²) < 4.78 is 27.3. The van der Waals surface area contributed by atoms with Crippen LogP contribution in [0.15, 0.2) is 53.6 Å². The molecule has 2 saturated carbocycles. The number of aromatic nitrogens is 2. The van der Waals surface area contributed by atoms with Gasteiger partial charge in [-0.1, -0.05) is 18.2 Å². The Morgan fingerprint density at radius 3 is 2.69 bits per heavy atom. The molecule has 206 valence electrons. The van der Waals surface area contributed by atoms with Crippen molar-refractivity contribution in [2.24, 2.45) is 0 Å². The van der Waals surface area contributed by atoms with Crippen LogP contribution in [0.4, 0.5) is 10.2 Å². The predicted octanol–water partition coefficient (Wildman–Crippen LogP) is 3.29. The second-order valence-electron chi connectivity index (χ2n) is 10.1. The van der Waals surface area contributed by atoms with Gasteiger partial charge < -0.3 is 25.4 Å². The lowest BCUT2D eigenvalue weighted by molar-refractivity contribution is 0.0950. The highest BCUT2D eigenvalue weighted by Gasteiger charge is 2.47. The Morgan fingerprint density at radius 1 is 1.18 bits per heavy atom. The van der Waals surface area contributed by atoms with Gasteiger partial charge >= 0.3 is 0 Å². The van der Waals surface area contributed by atoms with Crippen LogP contribution >= 0.6 is 0 Å². The van der Waals surface area contributed by atoms with Gasteiger partial charge in [-0.05, 0) is 50.8 Å². The van der Waals surface area contributed by atoms with Crippen molar-refractivity contribution < 1.29 is 18.7 Å². The zero-order valence-corrected chi connectivity index (χ0v) is 22.3. The van der Waals surface area contributed by atoms with Crippen LogP contribution in [0.3, 0.4) is 0 Å². The molecule has 2 fully saturated rings. The number of halogens is 1. The highest BCUT2D eigenvalue weighted by molar-refractivity contribution is 5.95. The van der Waals surface area contributed by atoms with Gasteiger partial charge in [0.15, 0.2) is 5.82 Å². The number of ether oxygens (including phenoxy) is 2. The molecule has 9 nitrogen and oxygen atoms in total. The molecule has 3 aromatic rings. The van der Waals surface area contributed by atoms with Gasteiger partial charge in [-0.2, -0.15) is 0 Å². The van der Waals surface area contributed by atoms with E-state index in [-0.39, 0.29) is 28.9 Å². The molecular formula is C29H34FN5O4. The van der Waals surface area contributed by atoms with E-state index in [2.05, 4.69) is 20.9 Å². The zero-order chi connectivity index (χ0) is 27.4. The molecule has 2 aromatic carbocycles. The number of anilines is 1. The second kappa shape index (κ2) is 11.5. The summed E-state index contributed by atoms with van der Waals surface area (Å²) in [6.45, 7) is 4.14. The van der Waals surface area contributed by atoms with Crippen molar-refractivity contribution in [1.82, 2.24) is 20.2 Å². The van der Waals surface area contributed by atoms with Crippen LogP contribution in [0, 0.1) is 12.7 Å². The molecule has 0 saturated heterocycles. The largest absolute Gasteiger partial charge is 0.492 e. The summed E-state index contributed by atoms with van der Waals surface area (Å²) in [5.41, 5.74) is 0.806. The number of methoxy groups -OCH3 is 1. The quantitative estimate of drug-likeness (QED) is 0.289. The Morgan fingerprint density at radius 2 is 1.95 bits per heavy atom. The lowest BCUT2D eigenvalue weighted by Crippen LogP contribution is -2.30. The summed E-state index contributed by atoms with van der Waals surface area (Å²) in [6.07, 6.45) is 6.45. The standard InChI is InChI=1S/C29H34FN5O4/c1-19-23(30)17-20(27(36)33-21-7-8-21)18-24(19)35-14-11-32-26(28(35)37)34-29(9-10-29)22-5-3-4-6-25(22)39-16-13-31-12-15-38-2/h3-6,11,14,17-18,21,31H,7-10,12-13,15-16H2,1-2H3,(H,32,34)(H,33,36). The monoisotopic (exact) mass is 535 g/mol. The van der Waals surface area contributed by atoms with E-state index in [9.17, 15) is 14.0 Å². The third-order valence-corrected chi connectivity index (χ3v) is 7.12. The van der Waals surface area contributed by atoms with Gasteiger partial charge in [0.2, 0.25) is 0 Å². The van der Waals surface area contributed by atoms with E-state index in [4.69, 9.17) is 9.47 Å². The summed E-state index contributed by atoms with van der Waals surface area (Å²) in [5, 5.41) is 9.49. The van der Waals surface area contributed by atoms with E-state index in [0.29, 0.717) is 25.4 Å². The van der Waals surface area contributed by atoms with Crippen molar-refractivity contribution in [2.75, 3.05) is 38.7 Å². The topological polar surface area (TPSA) is 107 Å². The lowest BCUT2D eigenvalue weighted by atomic mass is 10.0. The number of carbonyl (C=O) groups is 1. The molecule has 2 aliphatic rings. The third-order valence-electron chi connectivity index (χ3n) is 7.12. The number of para-hydroxylation sites is 1. The first kappa shape index (κ1) is 26.8. The molecular weight excluding hydrogens is 501 g/mol. The molecule has 1 aromatic heterocycles. The van der Waals surface area contributed by atoms with Gasteiger partial charge in [-0.15, -0.1) is 0 Å². The summed E-state index contributed by atoms with van der Waals surface area (Å²) in [7, 11) is 1.66. The van der Waals surface area contributed by atoms with Crippen LogP contribution in [0.2, 0.25) is 0 Å². The van der Waals surface area contributed by atoms with E-state index in [1.165, 1.54) is 23.0 Å². The number of carbonyl (C=O) groups excluding carboxylic acids is 1. The van der Waals surface area contributed by atoms with Gasteiger partial charge in [0.05, 0.1) is 17.8 Å². The third kappa shape index (κ3) is 6.12. The maximum absolute atomic E-state index is 14.9. The fourth-order valence-electron chi connectivity index (χ4n) is 4.56. The molecule has 0 aliphatic heterocycles. The first-order valence-corrected chi connectivity index (χ1v) is 13.3. The Bertz CT molecular complexity index is 1400.